The van der Waals surface area contributed by atoms with Crippen LogP contribution >= 0.6 is 0 Å². The molecule has 6 N–H and O–H groups in total. The Morgan fingerprint density at radius 2 is 1.17 bits per heavy atom. The van der Waals surface area contributed by atoms with Crippen LogP contribution in [-0.4, -0.2) is 87.5 Å². The van der Waals surface area contributed by atoms with Crippen molar-refractivity contribution >= 4 is 5.91 Å². The summed E-state index contributed by atoms with van der Waals surface area (Å²) in [6.07, 6.45) is 24.5. The summed E-state index contributed by atoms with van der Waals surface area (Å²) >= 11 is 0. The molecular weight excluding hydrogens is 598 g/mol. The van der Waals surface area contributed by atoms with E-state index in [1.807, 2.05) is 6.08 Å². The minimum absolute atomic E-state index is 0.183. The summed E-state index contributed by atoms with van der Waals surface area (Å²) in [4.78, 5) is 12.8. The van der Waals surface area contributed by atoms with Gasteiger partial charge in [0, 0.05) is 6.42 Å². The number of ether oxygens (including phenoxy) is 2. The molecular formula is C38H73NO8. The molecule has 0 aromatic heterocycles. The number of allylic oxidation sites excluding steroid dienone is 1. The fourth-order valence-corrected chi connectivity index (χ4v) is 6.15. The lowest BCUT2D eigenvalue weighted by Crippen LogP contribution is -2.60. The maximum atomic E-state index is 12.8. The maximum Gasteiger partial charge on any atom is 0.220 e. The van der Waals surface area contributed by atoms with Crippen LogP contribution in [0.2, 0.25) is 0 Å². The molecule has 1 amide bonds. The zero-order chi connectivity index (χ0) is 34.5. The molecule has 0 spiro atoms. The molecule has 278 valence electrons. The number of hydrogen-bond donors (Lipinski definition) is 6. The SMILES string of the molecule is CCCCC/C=C/C(O)C(COC1OC(CO)C(O)C(O)C1O)NC(=O)CCCCCCCCCCCCCCCCCCCCC. The molecule has 7 unspecified atom stereocenters. The van der Waals surface area contributed by atoms with Crippen LogP contribution in [0.15, 0.2) is 12.2 Å². The van der Waals surface area contributed by atoms with E-state index in [-0.39, 0.29) is 12.5 Å². The Bertz CT molecular complexity index is 751. The highest BCUT2D eigenvalue weighted by Crippen LogP contribution is 2.22. The number of aliphatic hydroxyl groups is 5. The Balaban J connectivity index is 2.24. The lowest BCUT2D eigenvalue weighted by molar-refractivity contribution is -0.302. The number of unbranched alkanes of at least 4 members (excludes halogenated alkanes) is 21. The van der Waals surface area contributed by atoms with E-state index < -0.39 is 49.5 Å². The summed E-state index contributed by atoms with van der Waals surface area (Å²) in [7, 11) is 0. The van der Waals surface area contributed by atoms with Crippen LogP contribution in [-0.2, 0) is 14.3 Å². The second kappa shape index (κ2) is 29.8. The highest BCUT2D eigenvalue weighted by Gasteiger charge is 2.44. The van der Waals surface area contributed by atoms with Gasteiger partial charge in [0.25, 0.3) is 0 Å². The van der Waals surface area contributed by atoms with E-state index in [0.717, 1.165) is 44.9 Å². The zero-order valence-electron chi connectivity index (χ0n) is 30.0. The summed E-state index contributed by atoms with van der Waals surface area (Å²) in [5.41, 5.74) is 0. The zero-order valence-corrected chi connectivity index (χ0v) is 30.0. The Hall–Kier alpha value is -1.07. The van der Waals surface area contributed by atoms with Crippen LogP contribution in [0.1, 0.15) is 168 Å². The van der Waals surface area contributed by atoms with Crippen molar-refractivity contribution < 1.29 is 39.8 Å². The molecule has 1 aliphatic heterocycles. The van der Waals surface area contributed by atoms with Crippen molar-refractivity contribution in [1.82, 2.24) is 5.32 Å². The van der Waals surface area contributed by atoms with Crippen LogP contribution in [0.5, 0.6) is 0 Å². The molecule has 1 saturated heterocycles. The Kier molecular flexibility index (Phi) is 27.9. The van der Waals surface area contributed by atoms with Gasteiger partial charge in [0.1, 0.15) is 24.4 Å². The van der Waals surface area contributed by atoms with Gasteiger partial charge in [-0.1, -0.05) is 154 Å². The quantitative estimate of drug-likeness (QED) is 0.0357. The van der Waals surface area contributed by atoms with Crippen molar-refractivity contribution in [2.75, 3.05) is 13.2 Å². The molecule has 1 aliphatic rings. The molecule has 1 fully saturated rings. The number of hydrogen-bond acceptors (Lipinski definition) is 8. The van der Waals surface area contributed by atoms with Crippen molar-refractivity contribution in [3.63, 3.8) is 0 Å². The molecule has 0 aliphatic carbocycles. The predicted octanol–water partition coefficient (Wildman–Crippen LogP) is 6.61. The topological polar surface area (TPSA) is 149 Å². The van der Waals surface area contributed by atoms with Gasteiger partial charge in [0.15, 0.2) is 6.29 Å². The molecule has 9 heteroatoms. The fourth-order valence-electron chi connectivity index (χ4n) is 6.15. The highest BCUT2D eigenvalue weighted by atomic mass is 16.7. The van der Waals surface area contributed by atoms with Crippen LogP contribution in [0.4, 0.5) is 0 Å². The number of carbonyl (C=O) groups excluding carboxylic acids is 1. The average Bonchev–Trinajstić information content (AvgIpc) is 3.07. The summed E-state index contributed by atoms with van der Waals surface area (Å²) < 4.78 is 11.1. The summed E-state index contributed by atoms with van der Waals surface area (Å²) in [5, 5.41) is 53.5. The minimum atomic E-state index is -1.56. The lowest BCUT2D eigenvalue weighted by atomic mass is 9.99. The van der Waals surface area contributed by atoms with Gasteiger partial charge in [-0.15, -0.1) is 0 Å². The Labute approximate surface area is 286 Å². The smallest absolute Gasteiger partial charge is 0.220 e. The number of amides is 1. The molecule has 47 heavy (non-hydrogen) atoms. The molecule has 9 nitrogen and oxygen atoms in total. The summed E-state index contributed by atoms with van der Waals surface area (Å²) in [6.45, 7) is 3.65. The Morgan fingerprint density at radius 1 is 0.702 bits per heavy atom. The molecule has 7 atom stereocenters. The van der Waals surface area contributed by atoms with Gasteiger partial charge in [-0.05, 0) is 19.3 Å². The second-order valence-electron chi connectivity index (χ2n) is 13.7. The van der Waals surface area contributed by atoms with Crippen molar-refractivity contribution in [2.24, 2.45) is 0 Å². The first-order valence-corrected chi connectivity index (χ1v) is 19.4. The molecule has 0 aromatic rings. The monoisotopic (exact) mass is 672 g/mol. The van der Waals surface area contributed by atoms with E-state index in [0.29, 0.717) is 6.42 Å². The van der Waals surface area contributed by atoms with E-state index in [1.165, 1.54) is 103 Å². The van der Waals surface area contributed by atoms with Gasteiger partial charge < -0.3 is 40.3 Å². The van der Waals surface area contributed by atoms with Crippen molar-refractivity contribution in [3.05, 3.63) is 12.2 Å². The first-order valence-electron chi connectivity index (χ1n) is 19.4. The van der Waals surface area contributed by atoms with Gasteiger partial charge in [-0.3, -0.25) is 4.79 Å². The summed E-state index contributed by atoms with van der Waals surface area (Å²) in [6, 6.07) is -0.794. The highest BCUT2D eigenvalue weighted by molar-refractivity contribution is 5.76. The molecule has 0 saturated carbocycles. The number of rotatable bonds is 31. The first-order chi connectivity index (χ1) is 22.8. The minimum Gasteiger partial charge on any atom is -0.394 e. The van der Waals surface area contributed by atoms with Gasteiger partial charge in [-0.25, -0.2) is 0 Å². The Morgan fingerprint density at radius 3 is 1.66 bits per heavy atom. The lowest BCUT2D eigenvalue weighted by Gasteiger charge is -2.40. The normalized spacial score (nSPS) is 22.9. The van der Waals surface area contributed by atoms with E-state index in [4.69, 9.17) is 9.47 Å². The number of carbonyl (C=O) groups is 1. The van der Waals surface area contributed by atoms with Crippen LogP contribution < -0.4 is 5.32 Å². The van der Waals surface area contributed by atoms with Gasteiger partial charge >= 0.3 is 0 Å². The first kappa shape index (κ1) is 44.0. The molecule has 0 aromatic carbocycles. The van der Waals surface area contributed by atoms with Crippen molar-refractivity contribution in [3.8, 4) is 0 Å². The van der Waals surface area contributed by atoms with E-state index >= 15 is 0 Å². The second-order valence-corrected chi connectivity index (χ2v) is 13.7. The molecule has 1 rings (SSSR count). The van der Waals surface area contributed by atoms with Crippen LogP contribution in [0, 0.1) is 0 Å². The largest absolute Gasteiger partial charge is 0.394 e. The standard InChI is InChI=1S/C38H73NO8/c1-3-5-7-9-10-11-12-13-14-15-16-17-18-19-20-21-22-24-26-28-34(42)39-31(32(41)27-25-23-8-6-4-2)30-46-38-37(45)36(44)35(43)33(29-40)47-38/h25,27,31-33,35-38,40-41,43-45H,3-24,26,28-30H2,1-2H3,(H,39,42)/b27-25+. The molecule has 1 heterocycles. The number of aliphatic hydroxyl groups excluding tert-OH is 5. The van der Waals surface area contributed by atoms with Crippen LogP contribution in [0.3, 0.4) is 0 Å². The van der Waals surface area contributed by atoms with E-state index in [1.54, 1.807) is 6.08 Å². The summed E-state index contributed by atoms with van der Waals surface area (Å²) in [5.74, 6) is -0.183. The molecule has 0 radical (unpaired) electrons. The van der Waals surface area contributed by atoms with Gasteiger partial charge in [0.05, 0.1) is 25.4 Å². The van der Waals surface area contributed by atoms with E-state index in [9.17, 15) is 30.3 Å². The fraction of sp³-hybridized carbons (Fsp3) is 0.921. The third-order valence-corrected chi connectivity index (χ3v) is 9.36. The van der Waals surface area contributed by atoms with E-state index in [2.05, 4.69) is 19.2 Å². The van der Waals surface area contributed by atoms with Crippen LogP contribution in [0.25, 0.3) is 0 Å². The average molecular weight is 672 g/mol. The van der Waals surface area contributed by atoms with Gasteiger partial charge in [0.2, 0.25) is 5.91 Å². The number of nitrogens with one attached hydrogen (secondary N) is 1. The third-order valence-electron chi connectivity index (χ3n) is 9.36. The molecule has 0 bridgehead atoms. The van der Waals surface area contributed by atoms with Crippen molar-refractivity contribution in [1.29, 1.82) is 0 Å². The van der Waals surface area contributed by atoms with Gasteiger partial charge in [-0.2, -0.15) is 0 Å². The maximum absolute atomic E-state index is 12.8. The van der Waals surface area contributed by atoms with Crippen molar-refractivity contribution in [2.45, 2.75) is 211 Å². The third kappa shape index (κ3) is 21.6. The predicted molar refractivity (Wildman–Crippen MR) is 189 cm³/mol.